The summed E-state index contributed by atoms with van der Waals surface area (Å²) in [5, 5.41) is 2.57. The van der Waals surface area contributed by atoms with E-state index in [9.17, 15) is 14.5 Å². The molecule has 0 aromatic rings. The zero-order valence-corrected chi connectivity index (χ0v) is 12.9. The molecule has 20 heavy (non-hydrogen) atoms. The first-order chi connectivity index (χ1) is 9.24. The van der Waals surface area contributed by atoms with E-state index in [0.29, 0.717) is 0 Å². The molecular formula is C11H21NO7P+. The molecule has 1 amide bonds. The molecule has 1 rings (SSSR count). The van der Waals surface area contributed by atoms with Crippen LogP contribution in [-0.2, 0) is 27.9 Å². The Morgan fingerprint density at radius 1 is 1.45 bits per heavy atom. The Kier molecular flexibility index (Phi) is 5.85. The van der Waals surface area contributed by atoms with Crippen molar-refractivity contribution in [2.45, 2.75) is 26.4 Å². The van der Waals surface area contributed by atoms with E-state index in [0.717, 1.165) is 0 Å². The van der Waals surface area contributed by atoms with E-state index in [1.807, 2.05) is 0 Å². The average Bonchev–Trinajstić information content (AvgIpc) is 2.41. The Balaban J connectivity index is 2.61. The molecule has 1 aliphatic rings. The highest BCUT2D eigenvalue weighted by molar-refractivity contribution is 7.55. The molecule has 9 heteroatoms. The Labute approximate surface area is 118 Å². The number of methoxy groups -OCH3 is 1. The summed E-state index contributed by atoms with van der Waals surface area (Å²) < 4.78 is 19.7. The zero-order chi connectivity index (χ0) is 15.4. The summed E-state index contributed by atoms with van der Waals surface area (Å²) in [6, 6.07) is 0. The van der Waals surface area contributed by atoms with Crippen LogP contribution in [0, 0.1) is 5.41 Å². The molecule has 0 radical (unpaired) electrons. The third-order valence-electron chi connectivity index (χ3n) is 2.87. The van der Waals surface area contributed by atoms with Crippen LogP contribution in [0.15, 0.2) is 0 Å². The summed E-state index contributed by atoms with van der Waals surface area (Å²) in [5.41, 5.74) is -0.625. The van der Waals surface area contributed by atoms with Gasteiger partial charge in [0, 0.05) is 12.0 Å². The van der Waals surface area contributed by atoms with Gasteiger partial charge >= 0.3 is 14.1 Å². The topological polar surface area (TPSA) is 103 Å². The third-order valence-corrected chi connectivity index (χ3v) is 4.27. The Morgan fingerprint density at radius 2 is 2.10 bits per heavy atom. The van der Waals surface area contributed by atoms with Gasteiger partial charge in [-0.2, -0.15) is 13.9 Å². The molecule has 116 valence electrons. The summed E-state index contributed by atoms with van der Waals surface area (Å²) >= 11 is 0. The van der Waals surface area contributed by atoms with Crippen LogP contribution in [0.5, 0.6) is 0 Å². The molecule has 0 spiro atoms. The summed E-state index contributed by atoms with van der Waals surface area (Å²) in [6.07, 6.45) is -0.859. The van der Waals surface area contributed by atoms with Gasteiger partial charge in [0.05, 0.1) is 20.6 Å². The highest BCUT2D eigenvalue weighted by Gasteiger charge is 2.58. The van der Waals surface area contributed by atoms with Crippen molar-refractivity contribution in [2.24, 2.45) is 5.41 Å². The van der Waals surface area contributed by atoms with Crippen LogP contribution >= 0.6 is 8.17 Å². The summed E-state index contributed by atoms with van der Waals surface area (Å²) in [7, 11) is -0.920. The van der Waals surface area contributed by atoms with E-state index in [-0.39, 0.29) is 19.6 Å². The number of ether oxygens (including phenoxy) is 1. The molecule has 1 unspecified atom stereocenters. The van der Waals surface area contributed by atoms with Crippen molar-refractivity contribution in [1.82, 2.24) is 5.32 Å². The molecule has 1 heterocycles. The summed E-state index contributed by atoms with van der Waals surface area (Å²) in [6.45, 7) is 3.81. The summed E-state index contributed by atoms with van der Waals surface area (Å²) in [4.78, 5) is 32.9. The van der Waals surface area contributed by atoms with Crippen molar-refractivity contribution in [2.75, 3.05) is 27.4 Å². The van der Waals surface area contributed by atoms with Crippen LogP contribution < -0.4 is 5.32 Å². The third kappa shape index (κ3) is 4.36. The Hall–Kier alpha value is -0.790. The fraction of sp³-hybridized carbons (Fsp3) is 0.818. The van der Waals surface area contributed by atoms with Crippen LogP contribution in [0.2, 0.25) is 0 Å². The molecule has 0 aliphatic carbocycles. The second-order valence-electron chi connectivity index (χ2n) is 5.02. The first kappa shape index (κ1) is 17.3. The first-order valence-corrected chi connectivity index (χ1v) is 7.58. The maximum atomic E-state index is 12.1. The molecule has 0 bridgehead atoms. The Morgan fingerprint density at radius 3 is 2.65 bits per heavy atom. The van der Waals surface area contributed by atoms with Crippen molar-refractivity contribution in [3.63, 3.8) is 0 Å². The van der Waals surface area contributed by atoms with Crippen LogP contribution in [0.4, 0.5) is 0 Å². The fourth-order valence-corrected chi connectivity index (χ4v) is 3.01. The van der Waals surface area contributed by atoms with Crippen LogP contribution in [-0.4, -0.2) is 50.2 Å². The molecule has 0 aromatic heterocycles. The largest absolute Gasteiger partial charge is 0.573 e. The fourth-order valence-electron chi connectivity index (χ4n) is 1.61. The highest BCUT2D eigenvalue weighted by Crippen LogP contribution is 2.63. The second kappa shape index (κ2) is 6.78. The lowest BCUT2D eigenvalue weighted by atomic mass is 9.87. The number of rotatable bonds is 5. The van der Waals surface area contributed by atoms with E-state index in [2.05, 4.69) is 10.1 Å². The number of carbonyl (C=O) groups is 2. The number of amides is 1. The maximum Gasteiger partial charge on any atom is 0.573 e. The predicted molar refractivity (Wildman–Crippen MR) is 70.4 cm³/mol. The molecule has 0 aromatic carbocycles. The van der Waals surface area contributed by atoms with Gasteiger partial charge < -0.3 is 10.1 Å². The number of hydrogen-bond donors (Lipinski definition) is 2. The van der Waals surface area contributed by atoms with Crippen molar-refractivity contribution in [3.8, 4) is 0 Å². The molecular weight excluding hydrogens is 289 g/mol. The zero-order valence-electron chi connectivity index (χ0n) is 12.0. The van der Waals surface area contributed by atoms with Crippen molar-refractivity contribution < 1.29 is 32.8 Å². The van der Waals surface area contributed by atoms with Crippen molar-refractivity contribution in [1.29, 1.82) is 0 Å². The molecule has 0 saturated carbocycles. The minimum Gasteiger partial charge on any atom is -0.469 e. The maximum absolute atomic E-state index is 12.1. The van der Waals surface area contributed by atoms with Gasteiger partial charge in [-0.3, -0.25) is 9.59 Å². The lowest BCUT2D eigenvalue weighted by Crippen LogP contribution is -2.50. The Bertz CT molecular complexity index is 376. The minimum absolute atomic E-state index is 0.0651. The number of esters is 1. The van der Waals surface area contributed by atoms with Gasteiger partial charge in [0.1, 0.15) is 6.61 Å². The van der Waals surface area contributed by atoms with Gasteiger partial charge in [0.2, 0.25) is 0 Å². The van der Waals surface area contributed by atoms with E-state index in [4.69, 9.17) is 13.6 Å². The van der Waals surface area contributed by atoms with E-state index in [1.54, 1.807) is 13.8 Å². The van der Waals surface area contributed by atoms with Gasteiger partial charge in [0.25, 0.3) is 5.91 Å². The van der Waals surface area contributed by atoms with Crippen molar-refractivity contribution in [3.05, 3.63) is 0 Å². The van der Waals surface area contributed by atoms with Crippen LogP contribution in [0.1, 0.15) is 20.3 Å². The minimum atomic E-state index is -3.44. The average molecular weight is 310 g/mol. The number of carbonyl (C=O) groups excluding carboxylic acids is 2. The second-order valence-corrected chi connectivity index (χ2v) is 6.79. The molecule has 1 saturated heterocycles. The SMILES string of the molecule is COC(=O)CCNC(=O)[C@@H]1O[P+](O)(OC)OCC1(C)C. The molecule has 1 aliphatic heterocycles. The van der Waals surface area contributed by atoms with Gasteiger partial charge in [-0.05, 0) is 0 Å². The predicted octanol–water partition coefficient (Wildman–Crippen LogP) is 0.424. The number of nitrogens with one attached hydrogen (secondary N) is 1. The quantitative estimate of drug-likeness (QED) is 0.560. The normalized spacial score (nSPS) is 28.8. The van der Waals surface area contributed by atoms with Crippen molar-refractivity contribution >= 4 is 20.0 Å². The molecule has 2 atom stereocenters. The van der Waals surface area contributed by atoms with Gasteiger partial charge in [-0.1, -0.05) is 13.8 Å². The smallest absolute Gasteiger partial charge is 0.469 e. The lowest BCUT2D eigenvalue weighted by molar-refractivity contribution is -0.144. The standard InChI is InChI=1S/C11H20NO7P/c1-11(2)7-18-20(15,17-4)19-9(11)10(14)12-6-5-8(13)16-3/h9,15H,5-7H2,1-4H3/p+1/t9-,20?/m0/s1. The summed E-state index contributed by atoms with van der Waals surface area (Å²) in [5.74, 6) is -0.851. The molecule has 2 N–H and O–H groups in total. The van der Waals surface area contributed by atoms with E-state index >= 15 is 0 Å². The van der Waals surface area contributed by atoms with E-state index < -0.39 is 31.6 Å². The lowest BCUT2D eigenvalue weighted by Gasteiger charge is -2.35. The van der Waals surface area contributed by atoms with Gasteiger partial charge in [-0.15, -0.1) is 4.52 Å². The molecule has 1 fully saturated rings. The van der Waals surface area contributed by atoms with Crippen LogP contribution in [0.3, 0.4) is 0 Å². The monoisotopic (exact) mass is 310 g/mol. The number of hydrogen-bond acceptors (Lipinski definition) is 7. The van der Waals surface area contributed by atoms with Gasteiger partial charge in [0.15, 0.2) is 6.10 Å². The highest BCUT2D eigenvalue weighted by atomic mass is 31.2. The first-order valence-electron chi connectivity index (χ1n) is 6.09. The van der Waals surface area contributed by atoms with E-state index in [1.165, 1.54) is 14.2 Å². The molecule has 8 nitrogen and oxygen atoms in total. The van der Waals surface area contributed by atoms with Gasteiger partial charge in [-0.25, -0.2) is 0 Å². The van der Waals surface area contributed by atoms with Crippen LogP contribution in [0.25, 0.3) is 0 Å².